The molecule has 0 radical (unpaired) electrons. The van der Waals surface area contributed by atoms with Gasteiger partial charge in [-0.3, -0.25) is 0 Å². The van der Waals surface area contributed by atoms with Crippen LogP contribution in [0.1, 0.15) is 18.1 Å². The molecule has 1 unspecified atom stereocenters. The molecule has 14 heavy (non-hydrogen) atoms. The highest BCUT2D eigenvalue weighted by Crippen LogP contribution is 2.26. The topological polar surface area (TPSA) is 29.5 Å². The summed E-state index contributed by atoms with van der Waals surface area (Å²) in [7, 11) is 0. The zero-order chi connectivity index (χ0) is 10.7. The third-order valence-corrected chi connectivity index (χ3v) is 3.15. The summed E-state index contributed by atoms with van der Waals surface area (Å²) < 4.78 is 6.53. The maximum absolute atomic E-state index is 9.07. The van der Waals surface area contributed by atoms with Crippen LogP contribution in [0.3, 0.4) is 0 Å². The lowest BCUT2D eigenvalue weighted by molar-refractivity contribution is 0.122. The van der Waals surface area contributed by atoms with E-state index in [1.165, 1.54) is 0 Å². The lowest BCUT2D eigenvalue weighted by Crippen LogP contribution is -2.12. The molecule has 0 aromatic heterocycles. The Balaban J connectivity index is 2.79. The summed E-state index contributed by atoms with van der Waals surface area (Å²) in [5, 5.41) is 9.07. The van der Waals surface area contributed by atoms with E-state index in [4.69, 9.17) is 9.84 Å². The second-order valence-electron chi connectivity index (χ2n) is 3.53. The molecule has 1 rings (SSSR count). The highest BCUT2D eigenvalue weighted by Gasteiger charge is 2.04. The molecule has 1 aromatic carbocycles. The van der Waals surface area contributed by atoms with Crippen molar-refractivity contribution in [3.63, 3.8) is 0 Å². The molecule has 0 aliphatic heterocycles. The standard InChI is InChI=1S/C11H15BrO2/c1-7-4-10(14-6-9(3)13)5-8(2)11(7)12/h4-5,9,13H,6H2,1-3H3. The minimum atomic E-state index is -0.431. The predicted molar refractivity (Wildman–Crippen MR) is 60.8 cm³/mol. The quantitative estimate of drug-likeness (QED) is 0.904. The summed E-state index contributed by atoms with van der Waals surface area (Å²) in [6.07, 6.45) is -0.431. The molecule has 0 spiro atoms. The van der Waals surface area contributed by atoms with Crippen molar-refractivity contribution in [3.8, 4) is 5.75 Å². The molecule has 1 atom stereocenters. The Morgan fingerprint density at radius 2 is 1.86 bits per heavy atom. The van der Waals surface area contributed by atoms with Crippen molar-refractivity contribution in [1.29, 1.82) is 0 Å². The molecule has 0 saturated carbocycles. The Morgan fingerprint density at radius 3 is 2.29 bits per heavy atom. The minimum Gasteiger partial charge on any atom is -0.491 e. The van der Waals surface area contributed by atoms with Crippen molar-refractivity contribution in [1.82, 2.24) is 0 Å². The molecular formula is C11H15BrO2. The molecule has 78 valence electrons. The molecule has 0 heterocycles. The van der Waals surface area contributed by atoms with Gasteiger partial charge in [0.1, 0.15) is 12.4 Å². The first-order valence-electron chi connectivity index (χ1n) is 4.58. The average molecular weight is 259 g/mol. The number of hydrogen-bond acceptors (Lipinski definition) is 2. The summed E-state index contributed by atoms with van der Waals surface area (Å²) in [6, 6.07) is 3.92. The summed E-state index contributed by atoms with van der Waals surface area (Å²) in [4.78, 5) is 0. The van der Waals surface area contributed by atoms with E-state index in [0.717, 1.165) is 21.3 Å². The van der Waals surface area contributed by atoms with Crippen LogP contribution < -0.4 is 4.74 Å². The summed E-state index contributed by atoms with van der Waals surface area (Å²) >= 11 is 3.49. The van der Waals surface area contributed by atoms with Crippen LogP contribution in [0.4, 0.5) is 0 Å². The number of aliphatic hydroxyl groups excluding tert-OH is 1. The largest absolute Gasteiger partial charge is 0.491 e. The van der Waals surface area contributed by atoms with Gasteiger partial charge in [-0.1, -0.05) is 15.9 Å². The van der Waals surface area contributed by atoms with E-state index in [9.17, 15) is 0 Å². The minimum absolute atomic E-state index is 0.334. The SMILES string of the molecule is Cc1cc(OCC(C)O)cc(C)c1Br. The van der Waals surface area contributed by atoms with E-state index < -0.39 is 6.10 Å². The van der Waals surface area contributed by atoms with Gasteiger partial charge in [-0.25, -0.2) is 0 Å². The number of halogens is 1. The van der Waals surface area contributed by atoms with Crippen molar-refractivity contribution in [3.05, 3.63) is 27.7 Å². The monoisotopic (exact) mass is 258 g/mol. The van der Waals surface area contributed by atoms with Crippen LogP contribution in [0.2, 0.25) is 0 Å². The molecule has 0 bridgehead atoms. The second kappa shape index (κ2) is 4.80. The first kappa shape index (κ1) is 11.5. The van der Waals surface area contributed by atoms with Crippen molar-refractivity contribution in [2.45, 2.75) is 26.9 Å². The average Bonchev–Trinajstić information content (AvgIpc) is 2.10. The van der Waals surface area contributed by atoms with E-state index in [1.54, 1.807) is 6.92 Å². The van der Waals surface area contributed by atoms with E-state index >= 15 is 0 Å². The van der Waals surface area contributed by atoms with Crippen LogP contribution in [-0.2, 0) is 0 Å². The summed E-state index contributed by atoms with van der Waals surface area (Å²) in [6.45, 7) is 6.08. The van der Waals surface area contributed by atoms with E-state index in [0.29, 0.717) is 6.61 Å². The zero-order valence-corrected chi connectivity index (χ0v) is 10.3. The van der Waals surface area contributed by atoms with Gasteiger partial charge in [0.15, 0.2) is 0 Å². The number of ether oxygens (including phenoxy) is 1. The fourth-order valence-corrected chi connectivity index (χ4v) is 1.44. The van der Waals surface area contributed by atoms with Crippen molar-refractivity contribution in [2.75, 3.05) is 6.61 Å². The van der Waals surface area contributed by atoms with Gasteiger partial charge >= 0.3 is 0 Å². The van der Waals surface area contributed by atoms with Crippen molar-refractivity contribution < 1.29 is 9.84 Å². The Kier molecular flexibility index (Phi) is 3.96. The second-order valence-corrected chi connectivity index (χ2v) is 4.32. The number of benzene rings is 1. The first-order chi connectivity index (χ1) is 6.50. The molecule has 2 nitrogen and oxygen atoms in total. The van der Waals surface area contributed by atoms with E-state index in [1.807, 2.05) is 26.0 Å². The number of rotatable bonds is 3. The smallest absolute Gasteiger partial charge is 0.120 e. The molecule has 1 aromatic rings. The third kappa shape index (κ3) is 3.00. The van der Waals surface area contributed by atoms with Crippen LogP contribution in [0.15, 0.2) is 16.6 Å². The Hall–Kier alpha value is -0.540. The fourth-order valence-electron chi connectivity index (χ4n) is 1.21. The first-order valence-corrected chi connectivity index (χ1v) is 5.37. The van der Waals surface area contributed by atoms with Crippen LogP contribution in [0, 0.1) is 13.8 Å². The lowest BCUT2D eigenvalue weighted by atomic mass is 10.1. The molecular weight excluding hydrogens is 244 g/mol. The predicted octanol–water partition coefficient (Wildman–Crippen LogP) is 2.83. The molecule has 0 fully saturated rings. The number of aryl methyl sites for hydroxylation is 2. The van der Waals surface area contributed by atoms with Gasteiger partial charge in [0.2, 0.25) is 0 Å². The van der Waals surface area contributed by atoms with Gasteiger partial charge in [0.05, 0.1) is 6.10 Å². The Labute approximate surface area is 93.0 Å². The molecule has 0 saturated heterocycles. The molecule has 3 heteroatoms. The molecule has 0 aliphatic carbocycles. The maximum Gasteiger partial charge on any atom is 0.120 e. The summed E-state index contributed by atoms with van der Waals surface area (Å²) in [5.41, 5.74) is 2.29. The van der Waals surface area contributed by atoms with E-state index in [2.05, 4.69) is 15.9 Å². The van der Waals surface area contributed by atoms with Gasteiger partial charge in [-0.15, -0.1) is 0 Å². The van der Waals surface area contributed by atoms with Gasteiger partial charge in [-0.2, -0.15) is 0 Å². The van der Waals surface area contributed by atoms with Crippen LogP contribution >= 0.6 is 15.9 Å². The van der Waals surface area contributed by atoms with Crippen LogP contribution in [0.25, 0.3) is 0 Å². The molecule has 1 N–H and O–H groups in total. The normalized spacial score (nSPS) is 12.6. The fraction of sp³-hybridized carbons (Fsp3) is 0.455. The molecule has 0 amide bonds. The lowest BCUT2D eigenvalue weighted by Gasteiger charge is -2.11. The number of hydrogen-bond donors (Lipinski definition) is 1. The van der Waals surface area contributed by atoms with Gasteiger partial charge in [0, 0.05) is 4.47 Å². The van der Waals surface area contributed by atoms with Gasteiger partial charge in [0.25, 0.3) is 0 Å². The zero-order valence-electron chi connectivity index (χ0n) is 8.67. The number of aliphatic hydroxyl groups is 1. The van der Waals surface area contributed by atoms with Gasteiger partial charge in [-0.05, 0) is 44.0 Å². The summed E-state index contributed by atoms with van der Waals surface area (Å²) in [5.74, 6) is 0.809. The van der Waals surface area contributed by atoms with E-state index in [-0.39, 0.29) is 0 Å². The molecule has 0 aliphatic rings. The van der Waals surface area contributed by atoms with Gasteiger partial charge < -0.3 is 9.84 Å². The Bertz CT molecular complexity index is 298. The van der Waals surface area contributed by atoms with Crippen molar-refractivity contribution >= 4 is 15.9 Å². The van der Waals surface area contributed by atoms with Crippen LogP contribution in [0.5, 0.6) is 5.75 Å². The highest BCUT2D eigenvalue weighted by atomic mass is 79.9. The van der Waals surface area contributed by atoms with Crippen molar-refractivity contribution in [2.24, 2.45) is 0 Å². The van der Waals surface area contributed by atoms with Crippen LogP contribution in [-0.4, -0.2) is 17.8 Å². The Morgan fingerprint density at radius 1 is 1.36 bits per heavy atom. The third-order valence-electron chi connectivity index (χ3n) is 1.90. The highest BCUT2D eigenvalue weighted by molar-refractivity contribution is 9.10. The maximum atomic E-state index is 9.07.